The molecule has 0 radical (unpaired) electrons. The van der Waals surface area contributed by atoms with E-state index in [1.165, 1.54) is 40.9 Å². The van der Waals surface area contributed by atoms with Gasteiger partial charge in [-0.2, -0.15) is 0 Å². The third-order valence-electron chi connectivity index (χ3n) is 4.04. The van der Waals surface area contributed by atoms with E-state index in [-0.39, 0.29) is 0 Å². The third-order valence-corrected chi connectivity index (χ3v) is 5.32. The Hall–Kier alpha value is -0.930. The Morgan fingerprint density at radius 1 is 1.28 bits per heavy atom. The fraction of sp³-hybridized carbons (Fsp3) is 0.533. The minimum Gasteiger partial charge on any atom is -0.317 e. The molecule has 1 aliphatic heterocycles. The Labute approximate surface area is 112 Å². The second-order valence-corrected chi connectivity index (χ2v) is 6.30. The van der Waals surface area contributed by atoms with Crippen LogP contribution in [0.5, 0.6) is 0 Å². The molecule has 1 aromatic carbocycles. The van der Waals surface area contributed by atoms with Crippen LogP contribution in [0.3, 0.4) is 0 Å². The van der Waals surface area contributed by atoms with E-state index in [0.29, 0.717) is 5.41 Å². The summed E-state index contributed by atoms with van der Waals surface area (Å²) in [5.41, 5.74) is 1.51. The van der Waals surface area contributed by atoms with Crippen LogP contribution in [-0.4, -0.2) is 18.1 Å². The normalized spacial score (nSPS) is 19.2. The van der Waals surface area contributed by atoms with Crippen molar-refractivity contribution < 1.29 is 0 Å². The molecular formula is C15H20N2S. The number of thiazole rings is 1. The van der Waals surface area contributed by atoms with Crippen molar-refractivity contribution in [1.82, 2.24) is 10.3 Å². The fourth-order valence-electron chi connectivity index (χ4n) is 3.05. The number of hydrogen-bond donors (Lipinski definition) is 1. The van der Waals surface area contributed by atoms with E-state index in [0.717, 1.165) is 13.1 Å². The number of para-hydroxylation sites is 1. The highest BCUT2D eigenvalue weighted by Gasteiger charge is 2.35. The van der Waals surface area contributed by atoms with Crippen LogP contribution in [0.2, 0.25) is 0 Å². The standard InChI is InChI=1S/C15H20N2S/c1-2-7-15(8-10-16-11-9-15)14-17-12-5-3-4-6-13(12)18-14/h3-6,16H,2,7-11H2,1H3. The minimum atomic E-state index is 0.337. The Morgan fingerprint density at radius 2 is 2.06 bits per heavy atom. The van der Waals surface area contributed by atoms with Gasteiger partial charge in [0.25, 0.3) is 0 Å². The van der Waals surface area contributed by atoms with Gasteiger partial charge >= 0.3 is 0 Å². The lowest BCUT2D eigenvalue weighted by atomic mass is 9.76. The molecule has 1 aromatic heterocycles. The number of aromatic nitrogens is 1. The summed E-state index contributed by atoms with van der Waals surface area (Å²) in [5.74, 6) is 0. The number of rotatable bonds is 3. The van der Waals surface area contributed by atoms with Crippen LogP contribution in [-0.2, 0) is 5.41 Å². The molecule has 1 N–H and O–H groups in total. The first-order valence-corrected chi connectivity index (χ1v) is 7.72. The summed E-state index contributed by atoms with van der Waals surface area (Å²) in [5, 5.41) is 4.85. The van der Waals surface area contributed by atoms with Crippen LogP contribution in [0.1, 0.15) is 37.6 Å². The van der Waals surface area contributed by atoms with Crippen molar-refractivity contribution in [2.45, 2.75) is 38.0 Å². The molecule has 0 unspecified atom stereocenters. The largest absolute Gasteiger partial charge is 0.317 e. The molecule has 2 aromatic rings. The Kier molecular flexibility index (Phi) is 3.35. The van der Waals surface area contributed by atoms with Crippen molar-refractivity contribution >= 4 is 21.6 Å². The molecule has 3 rings (SSSR count). The number of nitrogens with one attached hydrogen (secondary N) is 1. The molecule has 0 spiro atoms. The molecule has 2 heterocycles. The highest BCUT2D eigenvalue weighted by molar-refractivity contribution is 7.18. The SMILES string of the molecule is CCCC1(c2nc3ccccc3s2)CCNCC1. The van der Waals surface area contributed by atoms with Crippen molar-refractivity contribution in [3.63, 3.8) is 0 Å². The monoisotopic (exact) mass is 260 g/mol. The molecule has 1 fully saturated rings. The van der Waals surface area contributed by atoms with Gasteiger partial charge in [0, 0.05) is 5.41 Å². The van der Waals surface area contributed by atoms with Crippen molar-refractivity contribution in [1.29, 1.82) is 0 Å². The van der Waals surface area contributed by atoms with Crippen molar-refractivity contribution in [3.05, 3.63) is 29.3 Å². The molecule has 3 heteroatoms. The number of fused-ring (bicyclic) bond motifs is 1. The van der Waals surface area contributed by atoms with Gasteiger partial charge in [-0.15, -0.1) is 11.3 Å². The Bertz CT molecular complexity index is 488. The molecular weight excluding hydrogens is 240 g/mol. The van der Waals surface area contributed by atoms with Crippen LogP contribution in [0.15, 0.2) is 24.3 Å². The quantitative estimate of drug-likeness (QED) is 0.910. The first-order valence-electron chi connectivity index (χ1n) is 6.91. The maximum atomic E-state index is 4.92. The van der Waals surface area contributed by atoms with Gasteiger partial charge in [0.05, 0.1) is 10.2 Å². The van der Waals surface area contributed by atoms with Crippen LogP contribution < -0.4 is 5.32 Å². The number of piperidine rings is 1. The smallest absolute Gasteiger partial charge is 0.100 e. The molecule has 1 saturated heterocycles. The van der Waals surface area contributed by atoms with E-state index in [2.05, 4.69) is 36.5 Å². The highest BCUT2D eigenvalue weighted by Crippen LogP contribution is 2.41. The summed E-state index contributed by atoms with van der Waals surface area (Å²) in [7, 11) is 0. The first kappa shape index (κ1) is 12.1. The van der Waals surface area contributed by atoms with Gasteiger partial charge in [0.1, 0.15) is 5.01 Å². The topological polar surface area (TPSA) is 24.9 Å². The third kappa shape index (κ3) is 2.06. The lowest BCUT2D eigenvalue weighted by Crippen LogP contribution is -2.39. The molecule has 0 bridgehead atoms. The van der Waals surface area contributed by atoms with E-state index in [1.807, 2.05) is 11.3 Å². The first-order chi connectivity index (χ1) is 8.84. The van der Waals surface area contributed by atoms with Gasteiger partial charge in [-0.25, -0.2) is 4.98 Å². The van der Waals surface area contributed by atoms with Gasteiger partial charge in [-0.3, -0.25) is 0 Å². The van der Waals surface area contributed by atoms with Crippen LogP contribution in [0.25, 0.3) is 10.2 Å². The molecule has 1 aliphatic rings. The Morgan fingerprint density at radius 3 is 2.78 bits per heavy atom. The molecule has 0 atom stereocenters. The van der Waals surface area contributed by atoms with E-state index in [9.17, 15) is 0 Å². The lowest BCUT2D eigenvalue weighted by Gasteiger charge is -2.35. The van der Waals surface area contributed by atoms with Gasteiger partial charge in [-0.1, -0.05) is 25.5 Å². The molecule has 18 heavy (non-hydrogen) atoms. The van der Waals surface area contributed by atoms with Gasteiger partial charge < -0.3 is 5.32 Å². The van der Waals surface area contributed by atoms with Gasteiger partial charge in [-0.05, 0) is 44.5 Å². The van der Waals surface area contributed by atoms with Crippen LogP contribution in [0.4, 0.5) is 0 Å². The van der Waals surface area contributed by atoms with E-state index >= 15 is 0 Å². The lowest BCUT2D eigenvalue weighted by molar-refractivity contribution is 0.285. The fourth-order valence-corrected chi connectivity index (χ4v) is 4.29. The van der Waals surface area contributed by atoms with E-state index in [1.54, 1.807) is 0 Å². The zero-order valence-electron chi connectivity index (χ0n) is 10.9. The predicted octanol–water partition coefficient (Wildman–Crippen LogP) is 3.72. The van der Waals surface area contributed by atoms with Crippen LogP contribution in [0, 0.1) is 0 Å². The summed E-state index contributed by atoms with van der Waals surface area (Å²) < 4.78 is 1.33. The molecule has 2 nitrogen and oxygen atoms in total. The van der Waals surface area contributed by atoms with Gasteiger partial charge in [0.15, 0.2) is 0 Å². The second kappa shape index (κ2) is 4.98. The summed E-state index contributed by atoms with van der Waals surface area (Å²) in [4.78, 5) is 4.92. The maximum Gasteiger partial charge on any atom is 0.100 e. The molecule has 0 saturated carbocycles. The number of nitrogens with zero attached hydrogens (tertiary/aromatic N) is 1. The summed E-state index contributed by atoms with van der Waals surface area (Å²) >= 11 is 1.90. The number of benzene rings is 1. The summed E-state index contributed by atoms with van der Waals surface area (Å²) in [6.45, 7) is 4.56. The maximum absolute atomic E-state index is 4.92. The zero-order chi connectivity index (χ0) is 12.4. The van der Waals surface area contributed by atoms with Crippen molar-refractivity contribution in [2.75, 3.05) is 13.1 Å². The average molecular weight is 260 g/mol. The molecule has 0 aliphatic carbocycles. The highest BCUT2D eigenvalue weighted by atomic mass is 32.1. The van der Waals surface area contributed by atoms with Crippen LogP contribution >= 0.6 is 11.3 Å². The Balaban J connectivity index is 2.03. The minimum absolute atomic E-state index is 0.337. The molecule has 0 amide bonds. The zero-order valence-corrected chi connectivity index (χ0v) is 11.7. The second-order valence-electron chi connectivity index (χ2n) is 5.27. The summed E-state index contributed by atoms with van der Waals surface area (Å²) in [6, 6.07) is 8.52. The predicted molar refractivity (Wildman–Crippen MR) is 78.3 cm³/mol. The van der Waals surface area contributed by atoms with Crippen molar-refractivity contribution in [3.8, 4) is 0 Å². The van der Waals surface area contributed by atoms with Crippen molar-refractivity contribution in [2.24, 2.45) is 0 Å². The van der Waals surface area contributed by atoms with E-state index < -0.39 is 0 Å². The molecule has 96 valence electrons. The van der Waals surface area contributed by atoms with E-state index in [4.69, 9.17) is 4.98 Å². The van der Waals surface area contributed by atoms with Gasteiger partial charge in [0.2, 0.25) is 0 Å². The number of hydrogen-bond acceptors (Lipinski definition) is 3. The summed E-state index contributed by atoms with van der Waals surface area (Å²) in [6.07, 6.45) is 4.99. The average Bonchev–Trinajstić information content (AvgIpc) is 2.84.